The third kappa shape index (κ3) is 5.23. The summed E-state index contributed by atoms with van der Waals surface area (Å²) in [6, 6.07) is 10.6. The number of aromatic hydroxyl groups is 1. The van der Waals surface area contributed by atoms with Gasteiger partial charge in [0.1, 0.15) is 11.6 Å². The molecular weight excluding hydrogens is 386 g/mol. The minimum atomic E-state index is -0.0293. The topological polar surface area (TPSA) is 99.2 Å². The largest absolute Gasteiger partial charge is 0.508 e. The van der Waals surface area contributed by atoms with Crippen molar-refractivity contribution in [2.45, 2.75) is 25.2 Å². The Bertz CT molecular complexity index is 973. The van der Waals surface area contributed by atoms with E-state index in [1.165, 1.54) is 11.3 Å². The highest BCUT2D eigenvalue weighted by molar-refractivity contribution is 7.12. The molecule has 4 N–H and O–H groups in total. The Hall–Kier alpha value is -3.13. The van der Waals surface area contributed by atoms with Crippen LogP contribution in [0.5, 0.6) is 5.75 Å². The molecule has 2 aromatic heterocycles. The molecule has 0 spiro atoms. The first-order valence-electron chi connectivity index (χ1n) is 9.67. The summed E-state index contributed by atoms with van der Waals surface area (Å²) in [5.41, 5.74) is 1.86. The summed E-state index contributed by atoms with van der Waals surface area (Å²) in [4.78, 5) is 21.7. The van der Waals surface area contributed by atoms with Crippen LogP contribution < -0.4 is 16.0 Å². The van der Waals surface area contributed by atoms with Crippen LogP contribution in [0.3, 0.4) is 0 Å². The number of rotatable bonds is 9. The molecule has 1 saturated carbocycles. The maximum atomic E-state index is 12.0. The lowest BCUT2D eigenvalue weighted by Crippen LogP contribution is -2.25. The first-order chi connectivity index (χ1) is 14.2. The molecular formula is C21H23N5O2S. The zero-order chi connectivity index (χ0) is 20.1. The van der Waals surface area contributed by atoms with Crippen LogP contribution in [0.1, 0.15) is 40.4 Å². The van der Waals surface area contributed by atoms with Gasteiger partial charge in [-0.1, -0.05) is 12.1 Å². The van der Waals surface area contributed by atoms with Gasteiger partial charge in [0.2, 0.25) is 5.95 Å². The molecule has 3 aromatic rings. The van der Waals surface area contributed by atoms with Gasteiger partial charge in [0.25, 0.3) is 5.91 Å². The van der Waals surface area contributed by atoms with Crippen molar-refractivity contribution in [2.75, 3.05) is 23.7 Å². The van der Waals surface area contributed by atoms with E-state index in [0.29, 0.717) is 25.0 Å². The van der Waals surface area contributed by atoms with Crippen LogP contribution in [0.4, 0.5) is 17.5 Å². The number of thiophene rings is 1. The number of phenolic OH excluding ortho intramolecular Hbond substituents is 1. The molecule has 1 fully saturated rings. The number of carbonyl (C=O) groups excluding carboxylic acids is 1. The number of nitrogens with one attached hydrogen (secondary N) is 3. The fraction of sp³-hybridized carbons (Fsp3) is 0.286. The van der Waals surface area contributed by atoms with Crippen molar-refractivity contribution in [2.24, 2.45) is 0 Å². The van der Waals surface area contributed by atoms with Crippen LogP contribution in [0, 0.1) is 0 Å². The van der Waals surface area contributed by atoms with Gasteiger partial charge >= 0.3 is 0 Å². The number of nitrogens with zero attached hydrogens (tertiary/aromatic N) is 2. The summed E-state index contributed by atoms with van der Waals surface area (Å²) in [5.74, 6) is 1.99. The van der Waals surface area contributed by atoms with E-state index < -0.39 is 0 Å². The number of aromatic nitrogens is 2. The molecule has 0 bridgehead atoms. The predicted molar refractivity (Wildman–Crippen MR) is 115 cm³/mol. The van der Waals surface area contributed by atoms with Crippen molar-refractivity contribution >= 4 is 34.7 Å². The maximum Gasteiger partial charge on any atom is 0.261 e. The van der Waals surface area contributed by atoms with Gasteiger partial charge in [-0.25, -0.2) is 4.98 Å². The predicted octanol–water partition coefficient (Wildman–Crippen LogP) is 4.10. The van der Waals surface area contributed by atoms with Crippen LogP contribution >= 0.6 is 11.3 Å². The smallest absolute Gasteiger partial charge is 0.261 e. The first-order valence-corrected chi connectivity index (χ1v) is 10.6. The van der Waals surface area contributed by atoms with Gasteiger partial charge < -0.3 is 21.1 Å². The van der Waals surface area contributed by atoms with Gasteiger partial charge in [-0.3, -0.25) is 4.79 Å². The fourth-order valence-corrected chi connectivity index (χ4v) is 3.63. The number of benzene rings is 1. The average Bonchev–Trinajstić information content (AvgIpc) is 3.40. The van der Waals surface area contributed by atoms with Crippen LogP contribution in [-0.4, -0.2) is 34.1 Å². The van der Waals surface area contributed by atoms with E-state index >= 15 is 0 Å². The number of hydrogen-bond acceptors (Lipinski definition) is 7. The third-order valence-electron chi connectivity index (χ3n) is 4.61. The van der Waals surface area contributed by atoms with Crippen LogP contribution in [0.15, 0.2) is 48.0 Å². The SMILES string of the molecule is O=C(NCCCNc1nc(Nc2cccc(O)c2)ncc1C1CC1)c1cccs1. The van der Waals surface area contributed by atoms with Crippen molar-refractivity contribution < 1.29 is 9.90 Å². The molecule has 0 unspecified atom stereocenters. The van der Waals surface area contributed by atoms with Gasteiger partial charge in [-0.05, 0) is 48.8 Å². The number of phenols is 1. The summed E-state index contributed by atoms with van der Waals surface area (Å²) in [6.45, 7) is 1.30. The molecule has 150 valence electrons. The minimum absolute atomic E-state index is 0.0293. The van der Waals surface area contributed by atoms with E-state index in [1.807, 2.05) is 29.8 Å². The summed E-state index contributed by atoms with van der Waals surface area (Å²) in [7, 11) is 0. The Morgan fingerprint density at radius 1 is 1.21 bits per heavy atom. The quantitative estimate of drug-likeness (QED) is 0.397. The van der Waals surface area contributed by atoms with Crippen molar-refractivity contribution in [3.8, 4) is 5.75 Å². The van der Waals surface area contributed by atoms with Gasteiger partial charge in [-0.2, -0.15) is 4.98 Å². The van der Waals surface area contributed by atoms with Crippen molar-refractivity contribution in [1.29, 1.82) is 0 Å². The number of anilines is 3. The molecule has 29 heavy (non-hydrogen) atoms. The van der Waals surface area contributed by atoms with E-state index in [1.54, 1.807) is 18.2 Å². The zero-order valence-electron chi connectivity index (χ0n) is 15.9. The molecule has 7 nitrogen and oxygen atoms in total. The van der Waals surface area contributed by atoms with E-state index in [0.717, 1.165) is 41.2 Å². The Labute approximate surface area is 173 Å². The van der Waals surface area contributed by atoms with E-state index in [9.17, 15) is 9.90 Å². The number of amides is 1. The number of hydrogen-bond donors (Lipinski definition) is 4. The molecule has 1 amide bonds. The molecule has 4 rings (SSSR count). The molecule has 0 aliphatic heterocycles. The Morgan fingerprint density at radius 2 is 2.10 bits per heavy atom. The highest BCUT2D eigenvalue weighted by Crippen LogP contribution is 2.42. The van der Waals surface area contributed by atoms with E-state index in [4.69, 9.17) is 0 Å². The molecule has 0 radical (unpaired) electrons. The van der Waals surface area contributed by atoms with Gasteiger partial charge in [0.05, 0.1) is 4.88 Å². The summed E-state index contributed by atoms with van der Waals surface area (Å²) in [5, 5.41) is 21.0. The highest BCUT2D eigenvalue weighted by Gasteiger charge is 2.27. The van der Waals surface area contributed by atoms with Crippen molar-refractivity contribution in [3.63, 3.8) is 0 Å². The van der Waals surface area contributed by atoms with Crippen molar-refractivity contribution in [3.05, 3.63) is 58.4 Å². The Kier molecular flexibility index (Phi) is 5.90. The second-order valence-corrected chi connectivity index (χ2v) is 7.91. The molecule has 1 aliphatic carbocycles. The summed E-state index contributed by atoms with van der Waals surface area (Å²) >= 11 is 1.44. The summed E-state index contributed by atoms with van der Waals surface area (Å²) < 4.78 is 0. The zero-order valence-corrected chi connectivity index (χ0v) is 16.7. The summed E-state index contributed by atoms with van der Waals surface area (Å²) in [6.07, 6.45) is 4.99. The average molecular weight is 410 g/mol. The number of carbonyl (C=O) groups is 1. The molecule has 8 heteroatoms. The normalized spacial score (nSPS) is 13.1. The van der Waals surface area contributed by atoms with Crippen LogP contribution in [0.2, 0.25) is 0 Å². The molecule has 0 saturated heterocycles. The molecule has 0 atom stereocenters. The van der Waals surface area contributed by atoms with E-state index in [-0.39, 0.29) is 11.7 Å². The van der Waals surface area contributed by atoms with E-state index in [2.05, 4.69) is 25.9 Å². The van der Waals surface area contributed by atoms with Gasteiger partial charge in [0.15, 0.2) is 0 Å². The standard InChI is InChI=1S/C21H23N5O2S/c27-16-5-1-4-15(12-16)25-21-24-13-17(14-7-8-14)19(26-21)22-9-3-10-23-20(28)18-6-2-11-29-18/h1-2,4-6,11-14,27H,3,7-10H2,(H,23,28)(H2,22,24,25,26). The second kappa shape index (κ2) is 8.91. The van der Waals surface area contributed by atoms with Crippen LogP contribution in [-0.2, 0) is 0 Å². The second-order valence-electron chi connectivity index (χ2n) is 6.96. The minimum Gasteiger partial charge on any atom is -0.508 e. The Morgan fingerprint density at radius 3 is 2.86 bits per heavy atom. The monoisotopic (exact) mass is 409 g/mol. The lowest BCUT2D eigenvalue weighted by molar-refractivity contribution is 0.0957. The fourth-order valence-electron chi connectivity index (χ4n) is 2.99. The first kappa shape index (κ1) is 19.2. The van der Waals surface area contributed by atoms with Crippen LogP contribution in [0.25, 0.3) is 0 Å². The lowest BCUT2D eigenvalue weighted by atomic mass is 10.2. The third-order valence-corrected chi connectivity index (χ3v) is 5.48. The lowest BCUT2D eigenvalue weighted by Gasteiger charge is -2.13. The molecule has 1 aliphatic rings. The molecule has 1 aromatic carbocycles. The highest BCUT2D eigenvalue weighted by atomic mass is 32.1. The Balaban J connectivity index is 1.33. The maximum absolute atomic E-state index is 12.0. The van der Waals surface area contributed by atoms with Gasteiger partial charge in [-0.15, -0.1) is 11.3 Å². The van der Waals surface area contributed by atoms with Gasteiger partial charge in [0, 0.05) is 36.6 Å². The molecule has 2 heterocycles. The van der Waals surface area contributed by atoms with Crippen molar-refractivity contribution in [1.82, 2.24) is 15.3 Å².